The molecule has 0 spiro atoms. The highest BCUT2D eigenvalue weighted by Gasteiger charge is 2.38. The van der Waals surface area contributed by atoms with E-state index in [4.69, 9.17) is 0 Å². The van der Waals surface area contributed by atoms with Crippen molar-refractivity contribution in [2.24, 2.45) is 0 Å². The molecule has 0 radical (unpaired) electrons. The molecule has 0 atom stereocenters. The summed E-state index contributed by atoms with van der Waals surface area (Å²) in [5.41, 5.74) is -0.296. The predicted octanol–water partition coefficient (Wildman–Crippen LogP) is 6.26. The zero-order valence-electron chi connectivity index (χ0n) is 20.7. The van der Waals surface area contributed by atoms with Crippen molar-refractivity contribution in [1.29, 1.82) is 0 Å². The second-order valence-electron chi connectivity index (χ2n) is 9.49. The smallest absolute Gasteiger partial charge is 0.383 e. The van der Waals surface area contributed by atoms with Crippen molar-refractivity contribution in [3.8, 4) is 10.4 Å². The van der Waals surface area contributed by atoms with Crippen LogP contribution in [0.15, 0.2) is 36.7 Å². The van der Waals surface area contributed by atoms with E-state index >= 15 is 0 Å². The van der Waals surface area contributed by atoms with Crippen LogP contribution in [0.25, 0.3) is 10.4 Å². The molecule has 3 N–H and O–H groups in total. The van der Waals surface area contributed by atoms with Gasteiger partial charge in [-0.15, -0.1) is 11.3 Å². The lowest BCUT2D eigenvalue weighted by Crippen LogP contribution is -2.42. The molecule has 14 heteroatoms. The summed E-state index contributed by atoms with van der Waals surface area (Å²) in [6, 6.07) is 5.77. The van der Waals surface area contributed by atoms with Gasteiger partial charge >= 0.3 is 12.4 Å². The number of nitrogens with one attached hydrogen (secondary N) is 2. The van der Waals surface area contributed by atoms with Crippen LogP contribution in [0.2, 0.25) is 0 Å². The zero-order valence-corrected chi connectivity index (χ0v) is 21.5. The Balaban J connectivity index is 1.42. The van der Waals surface area contributed by atoms with Crippen molar-refractivity contribution in [2.75, 3.05) is 5.32 Å². The van der Waals surface area contributed by atoms with Crippen molar-refractivity contribution in [1.82, 2.24) is 20.3 Å². The molecule has 1 aromatic carbocycles. The fourth-order valence-electron chi connectivity index (χ4n) is 4.33. The molecule has 1 aliphatic rings. The topological polar surface area (TPSA) is 100 Å². The van der Waals surface area contributed by atoms with Gasteiger partial charge in [0.15, 0.2) is 0 Å². The number of alkyl halides is 6. The molecule has 0 unspecified atom stereocenters. The SMILES string of the molecule is Cc1cc(Nc2nccc(C(F)(F)F)n2)cc(-c2cnc(C3(O)CCC(NC(=O)CCC(F)(F)F)CC3)s2)c1. The van der Waals surface area contributed by atoms with Crippen molar-refractivity contribution < 1.29 is 36.2 Å². The summed E-state index contributed by atoms with van der Waals surface area (Å²) < 4.78 is 76.0. The average Bonchev–Trinajstić information content (AvgIpc) is 3.35. The molecule has 1 amide bonds. The number of hydrogen-bond acceptors (Lipinski definition) is 7. The molecule has 3 aromatic rings. The minimum absolute atomic E-state index is 0.206. The third-order valence-electron chi connectivity index (χ3n) is 6.28. The highest BCUT2D eigenvalue weighted by atomic mass is 32.1. The quantitative estimate of drug-likeness (QED) is 0.289. The monoisotopic (exact) mass is 573 g/mol. The van der Waals surface area contributed by atoms with Gasteiger partial charge in [0.1, 0.15) is 16.3 Å². The number of aryl methyl sites for hydroxylation is 1. The van der Waals surface area contributed by atoms with Crippen LogP contribution in [-0.2, 0) is 16.6 Å². The van der Waals surface area contributed by atoms with Gasteiger partial charge in [-0.3, -0.25) is 4.79 Å². The van der Waals surface area contributed by atoms with Crippen molar-refractivity contribution >= 4 is 28.9 Å². The van der Waals surface area contributed by atoms with E-state index in [2.05, 4.69) is 25.6 Å². The standard InChI is InChI=1S/C25H25F6N5O2S/c1-14-10-15(12-17(11-14)35-22-32-9-5-19(36-22)25(29,30)31)18-13-33-21(39-18)23(38)6-2-16(3-7-23)34-20(37)4-8-24(26,27)28/h5,9-13,16,38H,2-4,6-8H2,1H3,(H,34,37)(H,32,35,36). The zero-order chi connectivity index (χ0) is 28.4. The summed E-state index contributed by atoms with van der Waals surface area (Å²) in [6.07, 6.45) is -6.86. The first kappa shape index (κ1) is 28.7. The van der Waals surface area contributed by atoms with Crippen molar-refractivity contribution in [3.05, 3.63) is 52.9 Å². The number of nitrogens with zero attached hydrogens (tertiary/aromatic N) is 3. The van der Waals surface area contributed by atoms with E-state index in [1.165, 1.54) is 11.3 Å². The van der Waals surface area contributed by atoms with E-state index in [0.29, 0.717) is 23.5 Å². The van der Waals surface area contributed by atoms with Gasteiger partial charge in [0.25, 0.3) is 0 Å². The second kappa shape index (κ2) is 11.1. The summed E-state index contributed by atoms with van der Waals surface area (Å²) in [6.45, 7) is 1.82. The van der Waals surface area contributed by atoms with Gasteiger partial charge < -0.3 is 15.7 Å². The predicted molar refractivity (Wildman–Crippen MR) is 132 cm³/mol. The van der Waals surface area contributed by atoms with E-state index in [9.17, 15) is 36.2 Å². The van der Waals surface area contributed by atoms with Crippen molar-refractivity contribution in [3.63, 3.8) is 0 Å². The lowest BCUT2D eigenvalue weighted by molar-refractivity contribution is -0.144. The highest BCUT2D eigenvalue weighted by molar-refractivity contribution is 7.15. The molecule has 7 nitrogen and oxygen atoms in total. The number of hydrogen-bond donors (Lipinski definition) is 3. The van der Waals surface area contributed by atoms with E-state index in [-0.39, 0.29) is 24.8 Å². The molecule has 1 saturated carbocycles. The Kier molecular flexibility index (Phi) is 8.17. The molecule has 0 bridgehead atoms. The lowest BCUT2D eigenvalue weighted by atomic mass is 9.82. The van der Waals surface area contributed by atoms with Crippen LogP contribution in [0.5, 0.6) is 0 Å². The number of anilines is 2. The van der Waals surface area contributed by atoms with Gasteiger partial charge in [-0.05, 0) is 61.9 Å². The van der Waals surface area contributed by atoms with Crippen LogP contribution in [0.4, 0.5) is 38.0 Å². The van der Waals surface area contributed by atoms with Crippen LogP contribution in [0.3, 0.4) is 0 Å². The molecule has 0 saturated heterocycles. The van der Waals surface area contributed by atoms with Gasteiger partial charge in [0.05, 0.1) is 11.3 Å². The Morgan fingerprint density at radius 1 is 1.13 bits per heavy atom. The normalized spacial score (nSPS) is 20.1. The number of carbonyl (C=O) groups is 1. The molecule has 210 valence electrons. The number of rotatable bonds is 7. The number of carbonyl (C=O) groups excluding carboxylic acids is 1. The third kappa shape index (κ3) is 7.66. The van der Waals surface area contributed by atoms with E-state index in [1.807, 2.05) is 13.0 Å². The molecule has 39 heavy (non-hydrogen) atoms. The molecule has 1 fully saturated rings. The summed E-state index contributed by atoms with van der Waals surface area (Å²) in [5.74, 6) is -0.873. The number of aromatic nitrogens is 3. The molecular weight excluding hydrogens is 548 g/mol. The summed E-state index contributed by atoms with van der Waals surface area (Å²) in [7, 11) is 0. The minimum atomic E-state index is -4.60. The summed E-state index contributed by atoms with van der Waals surface area (Å²) in [4.78, 5) is 24.3. The van der Waals surface area contributed by atoms with Crippen LogP contribution in [-0.4, -0.2) is 38.2 Å². The second-order valence-corrected chi connectivity index (χ2v) is 10.5. The van der Waals surface area contributed by atoms with E-state index < -0.39 is 42.4 Å². The molecule has 2 aromatic heterocycles. The summed E-state index contributed by atoms with van der Waals surface area (Å²) in [5, 5.41) is 17.1. The van der Waals surface area contributed by atoms with E-state index in [1.54, 1.807) is 18.3 Å². The molecular formula is C25H25F6N5O2S. The van der Waals surface area contributed by atoms with Gasteiger partial charge in [0, 0.05) is 30.5 Å². The lowest BCUT2D eigenvalue weighted by Gasteiger charge is -2.34. The number of amides is 1. The Bertz CT molecular complexity index is 1320. The Morgan fingerprint density at radius 2 is 1.85 bits per heavy atom. The van der Waals surface area contributed by atoms with Crippen LogP contribution in [0, 0.1) is 6.92 Å². The minimum Gasteiger partial charge on any atom is -0.383 e. The van der Waals surface area contributed by atoms with Crippen molar-refractivity contribution in [2.45, 2.75) is 69.4 Å². The maximum Gasteiger partial charge on any atom is 0.433 e. The largest absolute Gasteiger partial charge is 0.433 e. The first-order chi connectivity index (χ1) is 18.2. The van der Waals surface area contributed by atoms with Crippen LogP contribution >= 0.6 is 11.3 Å². The van der Waals surface area contributed by atoms with Crippen LogP contribution in [0.1, 0.15) is 54.8 Å². The molecule has 4 rings (SSSR count). The fourth-order valence-corrected chi connectivity index (χ4v) is 5.38. The number of thiazole rings is 1. The Labute approximate surface area is 223 Å². The Morgan fingerprint density at radius 3 is 2.51 bits per heavy atom. The maximum atomic E-state index is 13.0. The van der Waals surface area contributed by atoms with Gasteiger partial charge in [-0.2, -0.15) is 26.3 Å². The number of halogens is 6. The highest BCUT2D eigenvalue weighted by Crippen LogP contribution is 2.41. The third-order valence-corrected chi connectivity index (χ3v) is 7.52. The van der Waals surface area contributed by atoms with Crippen LogP contribution < -0.4 is 10.6 Å². The summed E-state index contributed by atoms with van der Waals surface area (Å²) >= 11 is 1.27. The first-order valence-electron chi connectivity index (χ1n) is 12.0. The van der Waals surface area contributed by atoms with Gasteiger partial charge in [0.2, 0.25) is 11.9 Å². The Hall–Kier alpha value is -3.26. The number of aliphatic hydroxyl groups is 1. The van der Waals surface area contributed by atoms with E-state index in [0.717, 1.165) is 28.3 Å². The number of benzene rings is 1. The molecule has 0 aliphatic heterocycles. The average molecular weight is 574 g/mol. The molecule has 1 aliphatic carbocycles. The van der Waals surface area contributed by atoms with Gasteiger partial charge in [-0.1, -0.05) is 6.07 Å². The maximum absolute atomic E-state index is 13.0. The van der Waals surface area contributed by atoms with Gasteiger partial charge in [-0.25, -0.2) is 15.0 Å². The fraction of sp³-hybridized carbons (Fsp3) is 0.440. The first-order valence-corrected chi connectivity index (χ1v) is 12.9. The molecule has 2 heterocycles.